The van der Waals surface area contributed by atoms with Gasteiger partial charge >= 0.3 is 0 Å². The molecule has 0 fully saturated rings. The molecule has 1 aromatic carbocycles. The Morgan fingerprint density at radius 2 is 2.00 bits per heavy atom. The third-order valence-electron chi connectivity index (χ3n) is 2.78. The first kappa shape index (κ1) is 14.8. The number of ether oxygens (including phenoxy) is 1. The molecule has 0 atom stereocenters. The zero-order valence-electron chi connectivity index (χ0n) is 11.6. The molecule has 0 bridgehead atoms. The zero-order valence-corrected chi connectivity index (χ0v) is 11.6. The van der Waals surface area contributed by atoms with Gasteiger partial charge in [-0.25, -0.2) is 4.39 Å². The summed E-state index contributed by atoms with van der Waals surface area (Å²) in [5, 5.41) is 2.60. The van der Waals surface area contributed by atoms with E-state index >= 15 is 0 Å². The van der Waals surface area contributed by atoms with E-state index in [1.807, 2.05) is 0 Å². The number of hydrogen-bond donors (Lipinski definition) is 2. The minimum atomic E-state index is -0.297. The van der Waals surface area contributed by atoms with Gasteiger partial charge in [0.05, 0.1) is 5.69 Å². The van der Waals surface area contributed by atoms with E-state index in [-0.39, 0.29) is 24.1 Å². The molecule has 0 unspecified atom stereocenters. The number of pyridine rings is 1. The number of nitrogen functional groups attached to an aromatic ring is 1. The van der Waals surface area contributed by atoms with Crippen molar-refractivity contribution in [1.82, 2.24) is 4.98 Å². The van der Waals surface area contributed by atoms with Gasteiger partial charge < -0.3 is 15.8 Å². The zero-order chi connectivity index (χ0) is 15.2. The summed E-state index contributed by atoms with van der Waals surface area (Å²) >= 11 is 0. The predicted octanol–water partition coefficient (Wildman–Crippen LogP) is 2.73. The van der Waals surface area contributed by atoms with Gasteiger partial charge in [-0.3, -0.25) is 4.79 Å². The maximum absolute atomic E-state index is 12.8. The summed E-state index contributed by atoms with van der Waals surface area (Å²) in [6, 6.07) is 9.21. The van der Waals surface area contributed by atoms with Crippen molar-refractivity contribution in [2.24, 2.45) is 0 Å². The number of nitrogens with zero attached hydrogens (tertiary/aromatic N) is 1. The highest BCUT2D eigenvalue weighted by Crippen LogP contribution is 2.20. The van der Waals surface area contributed by atoms with Crippen molar-refractivity contribution in [3.63, 3.8) is 0 Å². The third-order valence-corrected chi connectivity index (χ3v) is 2.78. The van der Waals surface area contributed by atoms with Crippen LogP contribution in [0.3, 0.4) is 0 Å². The summed E-state index contributed by atoms with van der Waals surface area (Å²) in [5.41, 5.74) is 6.92. The molecule has 6 heteroatoms. The Hall–Kier alpha value is -2.63. The van der Waals surface area contributed by atoms with E-state index in [1.54, 1.807) is 31.2 Å². The lowest BCUT2D eigenvalue weighted by Crippen LogP contribution is -2.13. The van der Waals surface area contributed by atoms with Gasteiger partial charge in [0.15, 0.2) is 5.82 Å². The Morgan fingerprint density at radius 3 is 2.67 bits per heavy atom. The summed E-state index contributed by atoms with van der Waals surface area (Å²) < 4.78 is 18.3. The number of aromatic nitrogens is 1. The second kappa shape index (κ2) is 6.69. The first-order valence-corrected chi connectivity index (χ1v) is 6.52. The number of carbonyl (C=O) groups is 1. The second-order valence-electron chi connectivity index (χ2n) is 4.40. The van der Waals surface area contributed by atoms with Crippen LogP contribution in [-0.4, -0.2) is 10.9 Å². The van der Waals surface area contributed by atoms with E-state index in [2.05, 4.69) is 10.3 Å². The van der Waals surface area contributed by atoms with Crippen LogP contribution < -0.4 is 15.8 Å². The van der Waals surface area contributed by atoms with Crippen molar-refractivity contribution in [3.8, 4) is 5.88 Å². The van der Waals surface area contributed by atoms with Crippen LogP contribution in [0.4, 0.5) is 15.9 Å². The number of carbonyl (C=O) groups excluding carboxylic acids is 1. The molecular formula is C15H16FN3O2. The quantitative estimate of drug-likeness (QED) is 0.887. The molecule has 3 N–H and O–H groups in total. The molecular weight excluding hydrogens is 273 g/mol. The lowest BCUT2D eigenvalue weighted by molar-refractivity contribution is -0.115. The Labute approximate surface area is 121 Å². The Bertz CT molecular complexity index is 629. The van der Waals surface area contributed by atoms with Crippen molar-refractivity contribution >= 4 is 17.4 Å². The first-order chi connectivity index (χ1) is 10.1. The molecule has 0 saturated carbocycles. The van der Waals surface area contributed by atoms with Gasteiger partial charge in [0.25, 0.3) is 0 Å². The van der Waals surface area contributed by atoms with Gasteiger partial charge in [0, 0.05) is 12.5 Å². The van der Waals surface area contributed by atoms with E-state index < -0.39 is 0 Å². The molecule has 110 valence electrons. The third kappa shape index (κ3) is 4.17. The van der Waals surface area contributed by atoms with Crippen molar-refractivity contribution in [1.29, 1.82) is 0 Å². The average Bonchev–Trinajstić information content (AvgIpc) is 2.49. The van der Waals surface area contributed by atoms with Crippen LogP contribution in [0.1, 0.15) is 18.9 Å². The standard InChI is InChI=1S/C15H16FN3O2/c1-2-13(20)18-15-12(17)7-8-14(19-15)21-9-10-3-5-11(16)6-4-10/h3-8H,2,9,17H2,1H3,(H,18,19,20). The van der Waals surface area contributed by atoms with Crippen LogP contribution in [0.2, 0.25) is 0 Å². The molecule has 0 aliphatic carbocycles. The molecule has 2 rings (SSSR count). The summed E-state index contributed by atoms with van der Waals surface area (Å²) in [7, 11) is 0. The Kier molecular flexibility index (Phi) is 4.71. The lowest BCUT2D eigenvalue weighted by Gasteiger charge is -2.10. The topological polar surface area (TPSA) is 77.2 Å². The summed E-state index contributed by atoms with van der Waals surface area (Å²) in [5.74, 6) is 0.136. The first-order valence-electron chi connectivity index (χ1n) is 6.52. The molecule has 0 spiro atoms. The Balaban J connectivity index is 2.04. The van der Waals surface area contributed by atoms with Gasteiger partial charge in [-0.15, -0.1) is 0 Å². The SMILES string of the molecule is CCC(=O)Nc1nc(OCc2ccc(F)cc2)ccc1N. The summed E-state index contributed by atoms with van der Waals surface area (Å²) in [6.45, 7) is 1.98. The molecule has 5 nitrogen and oxygen atoms in total. The summed E-state index contributed by atoms with van der Waals surface area (Å²) in [4.78, 5) is 15.5. The number of rotatable bonds is 5. The van der Waals surface area contributed by atoms with Crippen LogP contribution in [0.5, 0.6) is 5.88 Å². The fourth-order valence-electron chi connectivity index (χ4n) is 1.59. The number of anilines is 2. The maximum Gasteiger partial charge on any atom is 0.225 e. The number of nitrogens with one attached hydrogen (secondary N) is 1. The van der Waals surface area contributed by atoms with E-state index in [0.717, 1.165) is 5.56 Å². The highest BCUT2D eigenvalue weighted by atomic mass is 19.1. The minimum Gasteiger partial charge on any atom is -0.473 e. The number of hydrogen-bond acceptors (Lipinski definition) is 4. The second-order valence-corrected chi connectivity index (χ2v) is 4.40. The van der Waals surface area contributed by atoms with Gasteiger partial charge in [-0.2, -0.15) is 4.98 Å². The highest BCUT2D eigenvalue weighted by molar-refractivity contribution is 5.92. The van der Waals surface area contributed by atoms with E-state index in [1.165, 1.54) is 12.1 Å². The number of nitrogens with two attached hydrogens (primary N) is 1. The molecule has 1 heterocycles. The summed E-state index contributed by atoms with van der Waals surface area (Å²) in [6.07, 6.45) is 0.335. The molecule has 0 saturated heterocycles. The number of amides is 1. The average molecular weight is 289 g/mol. The normalized spacial score (nSPS) is 10.2. The number of halogens is 1. The fourth-order valence-corrected chi connectivity index (χ4v) is 1.59. The molecule has 1 amide bonds. The largest absolute Gasteiger partial charge is 0.473 e. The predicted molar refractivity (Wildman–Crippen MR) is 78.3 cm³/mol. The molecule has 0 aliphatic heterocycles. The van der Waals surface area contributed by atoms with E-state index in [9.17, 15) is 9.18 Å². The monoisotopic (exact) mass is 289 g/mol. The molecule has 1 aromatic heterocycles. The molecule has 0 aliphatic rings. The van der Waals surface area contributed by atoms with Crippen LogP contribution >= 0.6 is 0 Å². The van der Waals surface area contributed by atoms with Crippen molar-refractivity contribution in [2.45, 2.75) is 20.0 Å². The lowest BCUT2D eigenvalue weighted by atomic mass is 10.2. The Morgan fingerprint density at radius 1 is 1.29 bits per heavy atom. The molecule has 2 aromatic rings. The maximum atomic E-state index is 12.8. The van der Waals surface area contributed by atoms with Crippen molar-refractivity contribution in [3.05, 3.63) is 47.8 Å². The molecule has 21 heavy (non-hydrogen) atoms. The van der Waals surface area contributed by atoms with Gasteiger partial charge in [0.1, 0.15) is 12.4 Å². The fraction of sp³-hybridized carbons (Fsp3) is 0.200. The van der Waals surface area contributed by atoms with Crippen molar-refractivity contribution in [2.75, 3.05) is 11.1 Å². The number of benzene rings is 1. The van der Waals surface area contributed by atoms with Gasteiger partial charge in [0.2, 0.25) is 11.8 Å². The van der Waals surface area contributed by atoms with Crippen LogP contribution in [-0.2, 0) is 11.4 Å². The molecule has 0 radical (unpaired) electrons. The van der Waals surface area contributed by atoms with Crippen LogP contribution in [0.25, 0.3) is 0 Å². The van der Waals surface area contributed by atoms with E-state index in [4.69, 9.17) is 10.5 Å². The van der Waals surface area contributed by atoms with Gasteiger partial charge in [-0.05, 0) is 23.8 Å². The van der Waals surface area contributed by atoms with E-state index in [0.29, 0.717) is 18.0 Å². The smallest absolute Gasteiger partial charge is 0.225 e. The van der Waals surface area contributed by atoms with Crippen LogP contribution in [0.15, 0.2) is 36.4 Å². The van der Waals surface area contributed by atoms with Crippen LogP contribution in [0, 0.1) is 5.82 Å². The minimum absolute atomic E-state index is 0.176. The highest BCUT2D eigenvalue weighted by Gasteiger charge is 2.07. The van der Waals surface area contributed by atoms with Crippen molar-refractivity contribution < 1.29 is 13.9 Å². The van der Waals surface area contributed by atoms with Gasteiger partial charge in [-0.1, -0.05) is 19.1 Å².